The fraction of sp³-hybridized carbons (Fsp3) is 0.300. The van der Waals surface area contributed by atoms with E-state index in [2.05, 4.69) is 11.9 Å². The topological polar surface area (TPSA) is 12.4 Å². The summed E-state index contributed by atoms with van der Waals surface area (Å²) >= 11 is 1.88. The third-order valence-electron chi connectivity index (χ3n) is 1.39. The van der Waals surface area contributed by atoms with E-state index in [1.165, 1.54) is 0 Å². The summed E-state index contributed by atoms with van der Waals surface area (Å²) in [6, 6.07) is 10.0. The summed E-state index contributed by atoms with van der Waals surface area (Å²) in [6.07, 6.45) is 1.96. The molecule has 12 heavy (non-hydrogen) atoms. The molecule has 2 heteroatoms. The largest absolute Gasteiger partial charge is 0.260 e. The molecule has 0 N–H and O–H groups in total. The fourth-order valence-corrected chi connectivity index (χ4v) is 1.24. The maximum absolute atomic E-state index is 4.30. The van der Waals surface area contributed by atoms with Crippen LogP contribution in [-0.2, 0) is 0 Å². The summed E-state index contributed by atoms with van der Waals surface area (Å²) in [7, 11) is 0. The highest BCUT2D eigenvalue weighted by atomic mass is 32.2. The van der Waals surface area contributed by atoms with E-state index in [4.69, 9.17) is 0 Å². The van der Waals surface area contributed by atoms with Crippen molar-refractivity contribution in [3.05, 3.63) is 30.3 Å². The molecule has 0 atom stereocenters. The number of aliphatic imine (C=N–C) groups is 1. The molecule has 0 heterocycles. The second-order valence-electron chi connectivity index (χ2n) is 2.31. The van der Waals surface area contributed by atoms with E-state index in [9.17, 15) is 0 Å². The molecule has 0 aliphatic heterocycles. The molecule has 0 saturated carbocycles. The zero-order valence-electron chi connectivity index (χ0n) is 7.23. The molecule has 0 aliphatic rings. The standard InChI is InChI=1S/C10H13NS/c1-2-12-9-8-11-10-6-4-3-5-7-10/h3-8H,2,9H2,1H3. The molecular weight excluding hydrogens is 166 g/mol. The average Bonchev–Trinajstić information content (AvgIpc) is 2.14. The van der Waals surface area contributed by atoms with Gasteiger partial charge in [0, 0.05) is 12.0 Å². The number of hydrogen-bond donors (Lipinski definition) is 0. The zero-order chi connectivity index (χ0) is 8.65. The highest BCUT2D eigenvalue weighted by Gasteiger charge is 1.82. The lowest BCUT2D eigenvalue weighted by Gasteiger charge is -1.91. The van der Waals surface area contributed by atoms with Crippen LogP contribution < -0.4 is 0 Å². The van der Waals surface area contributed by atoms with Gasteiger partial charge in [-0.3, -0.25) is 4.99 Å². The molecule has 0 amide bonds. The van der Waals surface area contributed by atoms with E-state index in [0.29, 0.717) is 0 Å². The third-order valence-corrected chi connectivity index (χ3v) is 2.19. The van der Waals surface area contributed by atoms with Crippen LogP contribution in [0.1, 0.15) is 6.92 Å². The van der Waals surface area contributed by atoms with Gasteiger partial charge >= 0.3 is 0 Å². The van der Waals surface area contributed by atoms with Crippen molar-refractivity contribution in [2.45, 2.75) is 6.92 Å². The van der Waals surface area contributed by atoms with Crippen LogP contribution in [0.5, 0.6) is 0 Å². The van der Waals surface area contributed by atoms with Crippen molar-refractivity contribution < 1.29 is 0 Å². The van der Waals surface area contributed by atoms with Gasteiger partial charge in [0.15, 0.2) is 0 Å². The van der Waals surface area contributed by atoms with Crippen LogP contribution in [0.4, 0.5) is 5.69 Å². The van der Waals surface area contributed by atoms with E-state index in [-0.39, 0.29) is 0 Å². The molecular formula is C10H13NS. The van der Waals surface area contributed by atoms with Crippen molar-refractivity contribution in [3.8, 4) is 0 Å². The maximum Gasteiger partial charge on any atom is 0.0626 e. The molecule has 0 fully saturated rings. The normalized spacial score (nSPS) is 10.8. The SMILES string of the molecule is CCSCC=Nc1ccccc1. The summed E-state index contributed by atoms with van der Waals surface area (Å²) in [5.41, 5.74) is 1.04. The van der Waals surface area contributed by atoms with Crippen molar-refractivity contribution in [3.63, 3.8) is 0 Å². The first-order valence-electron chi connectivity index (χ1n) is 4.09. The highest BCUT2D eigenvalue weighted by molar-refractivity contribution is 7.99. The molecule has 0 unspecified atom stereocenters. The van der Waals surface area contributed by atoms with E-state index < -0.39 is 0 Å². The van der Waals surface area contributed by atoms with E-state index >= 15 is 0 Å². The first kappa shape index (κ1) is 9.33. The van der Waals surface area contributed by atoms with Crippen LogP contribution in [0.2, 0.25) is 0 Å². The summed E-state index contributed by atoms with van der Waals surface area (Å²) in [6.45, 7) is 2.15. The highest BCUT2D eigenvalue weighted by Crippen LogP contribution is 2.08. The maximum atomic E-state index is 4.30. The first-order chi connectivity index (χ1) is 5.93. The van der Waals surface area contributed by atoms with Crippen LogP contribution >= 0.6 is 11.8 Å². The summed E-state index contributed by atoms with van der Waals surface area (Å²) in [4.78, 5) is 4.30. The Balaban J connectivity index is 2.36. The number of para-hydroxylation sites is 1. The lowest BCUT2D eigenvalue weighted by Crippen LogP contribution is -1.79. The Labute approximate surface area is 77.9 Å². The molecule has 1 aromatic rings. The van der Waals surface area contributed by atoms with Crippen molar-refractivity contribution in [1.82, 2.24) is 0 Å². The van der Waals surface area contributed by atoms with Crippen molar-refractivity contribution in [2.75, 3.05) is 11.5 Å². The number of thioether (sulfide) groups is 1. The smallest absolute Gasteiger partial charge is 0.0626 e. The Hall–Kier alpha value is -0.760. The zero-order valence-corrected chi connectivity index (χ0v) is 8.05. The Morgan fingerprint density at radius 2 is 2.08 bits per heavy atom. The second kappa shape index (κ2) is 5.84. The Bertz CT molecular complexity index is 231. The van der Waals surface area contributed by atoms with Gasteiger partial charge in [-0.1, -0.05) is 25.1 Å². The lowest BCUT2D eigenvalue weighted by molar-refractivity contribution is 1.51. The number of rotatable bonds is 4. The van der Waals surface area contributed by atoms with Gasteiger partial charge in [-0.25, -0.2) is 0 Å². The van der Waals surface area contributed by atoms with Crippen LogP contribution in [0.25, 0.3) is 0 Å². The van der Waals surface area contributed by atoms with Gasteiger partial charge in [-0.2, -0.15) is 11.8 Å². The molecule has 0 radical (unpaired) electrons. The van der Waals surface area contributed by atoms with Crippen molar-refractivity contribution in [1.29, 1.82) is 0 Å². The lowest BCUT2D eigenvalue weighted by atomic mass is 10.3. The molecule has 1 rings (SSSR count). The third kappa shape index (κ3) is 3.58. The minimum absolute atomic E-state index is 1.01. The average molecular weight is 179 g/mol. The molecule has 0 saturated heterocycles. The fourth-order valence-electron chi connectivity index (χ4n) is 0.827. The second-order valence-corrected chi connectivity index (χ2v) is 3.63. The summed E-state index contributed by atoms with van der Waals surface area (Å²) in [5, 5.41) is 0. The van der Waals surface area contributed by atoms with Gasteiger partial charge in [0.05, 0.1) is 5.69 Å². The van der Waals surface area contributed by atoms with Crippen LogP contribution in [0, 0.1) is 0 Å². The minimum Gasteiger partial charge on any atom is -0.260 e. The van der Waals surface area contributed by atoms with Crippen molar-refractivity contribution >= 4 is 23.7 Å². The summed E-state index contributed by atoms with van der Waals surface area (Å²) in [5.74, 6) is 2.16. The molecule has 64 valence electrons. The van der Waals surface area contributed by atoms with Gasteiger partial charge in [-0.05, 0) is 17.9 Å². The van der Waals surface area contributed by atoms with Gasteiger partial charge in [0.1, 0.15) is 0 Å². The number of benzene rings is 1. The van der Waals surface area contributed by atoms with Gasteiger partial charge < -0.3 is 0 Å². The Morgan fingerprint density at radius 1 is 1.33 bits per heavy atom. The molecule has 0 bridgehead atoms. The predicted octanol–water partition coefficient (Wildman–Crippen LogP) is 3.14. The van der Waals surface area contributed by atoms with Crippen LogP contribution in [-0.4, -0.2) is 17.7 Å². The Kier molecular flexibility index (Phi) is 4.54. The number of hydrogen-bond acceptors (Lipinski definition) is 2. The van der Waals surface area contributed by atoms with Crippen molar-refractivity contribution in [2.24, 2.45) is 4.99 Å². The Morgan fingerprint density at radius 3 is 2.75 bits per heavy atom. The monoisotopic (exact) mass is 179 g/mol. The van der Waals surface area contributed by atoms with E-state index in [1.807, 2.05) is 48.3 Å². The molecule has 1 nitrogen and oxygen atoms in total. The summed E-state index contributed by atoms with van der Waals surface area (Å²) < 4.78 is 0. The van der Waals surface area contributed by atoms with Gasteiger partial charge in [0.25, 0.3) is 0 Å². The quantitative estimate of drug-likeness (QED) is 0.511. The minimum atomic E-state index is 1.01. The molecule has 0 aromatic heterocycles. The van der Waals surface area contributed by atoms with Crippen LogP contribution in [0.3, 0.4) is 0 Å². The van der Waals surface area contributed by atoms with Crippen LogP contribution in [0.15, 0.2) is 35.3 Å². The number of nitrogens with zero attached hydrogens (tertiary/aromatic N) is 1. The van der Waals surface area contributed by atoms with Gasteiger partial charge in [0.2, 0.25) is 0 Å². The van der Waals surface area contributed by atoms with Gasteiger partial charge in [-0.15, -0.1) is 0 Å². The van der Waals surface area contributed by atoms with E-state index in [1.54, 1.807) is 0 Å². The van der Waals surface area contributed by atoms with E-state index in [0.717, 1.165) is 17.2 Å². The molecule has 0 spiro atoms. The molecule has 0 aliphatic carbocycles. The molecule has 1 aromatic carbocycles. The predicted molar refractivity (Wildman–Crippen MR) is 57.6 cm³/mol. The first-order valence-corrected chi connectivity index (χ1v) is 5.24.